The minimum atomic E-state index is -1.43. The van der Waals surface area contributed by atoms with Crippen LogP contribution in [0.4, 0.5) is 4.39 Å². The predicted octanol–water partition coefficient (Wildman–Crippen LogP) is 4.89. The SMILES string of the molecule is C=C(/C=C\C(OCc1ccccc1)=C(/C)F)[C@@H](CC(=O)OCC)N[S@@+]([O-])C(C)(C)C. The fourth-order valence-corrected chi connectivity index (χ4v) is 3.08. The molecule has 2 atom stereocenters. The molecule has 1 N–H and O–H groups in total. The second kappa shape index (κ2) is 12.6. The lowest BCUT2D eigenvalue weighted by Crippen LogP contribution is -2.46. The molecule has 0 heterocycles. The Balaban J connectivity index is 2.90. The van der Waals surface area contributed by atoms with Gasteiger partial charge in [-0.05, 0) is 51.8 Å². The largest absolute Gasteiger partial charge is 0.598 e. The standard InChI is InChI=1S/C23H32FNO4S/c1-7-28-22(26)15-20(25-30(27)23(4,5)6)17(2)13-14-21(18(3)24)29-16-19-11-9-8-10-12-19/h8-14,20,25H,2,7,15-16H2,1,3-6H3/b14-13-,21-18-/t20-,30+/m1/s1. The molecule has 0 bridgehead atoms. The Labute approximate surface area is 182 Å². The van der Waals surface area contributed by atoms with Gasteiger partial charge in [0, 0.05) is 11.4 Å². The van der Waals surface area contributed by atoms with E-state index in [2.05, 4.69) is 11.3 Å². The van der Waals surface area contributed by atoms with Gasteiger partial charge in [-0.15, -0.1) is 4.72 Å². The molecule has 0 aliphatic rings. The number of hydrogen-bond acceptors (Lipinski definition) is 5. The molecule has 1 rings (SSSR count). The Kier molecular flexibility index (Phi) is 10.9. The van der Waals surface area contributed by atoms with E-state index in [9.17, 15) is 13.7 Å². The highest BCUT2D eigenvalue weighted by Gasteiger charge is 2.31. The van der Waals surface area contributed by atoms with Gasteiger partial charge in [-0.3, -0.25) is 4.79 Å². The Morgan fingerprint density at radius 1 is 1.27 bits per heavy atom. The molecular formula is C23H32FNO4S. The summed E-state index contributed by atoms with van der Waals surface area (Å²) < 4.78 is 39.4. The van der Waals surface area contributed by atoms with E-state index < -0.39 is 33.9 Å². The van der Waals surface area contributed by atoms with Gasteiger partial charge in [-0.25, -0.2) is 4.39 Å². The van der Waals surface area contributed by atoms with Crippen molar-refractivity contribution in [2.75, 3.05) is 6.61 Å². The van der Waals surface area contributed by atoms with Crippen LogP contribution in [0.15, 0.2) is 66.2 Å². The van der Waals surface area contributed by atoms with Crippen LogP contribution in [0, 0.1) is 0 Å². The maximum atomic E-state index is 13.9. The monoisotopic (exact) mass is 437 g/mol. The maximum Gasteiger partial charge on any atom is 0.307 e. The molecule has 1 aromatic carbocycles. The van der Waals surface area contributed by atoms with Crippen LogP contribution in [0.3, 0.4) is 0 Å². The second-order valence-corrected chi connectivity index (χ2v) is 9.64. The fraction of sp³-hybridized carbons (Fsp3) is 0.435. The molecular weight excluding hydrogens is 405 g/mol. The number of carbonyl (C=O) groups is 1. The number of ether oxygens (including phenoxy) is 2. The van der Waals surface area contributed by atoms with E-state index in [1.165, 1.54) is 13.0 Å². The van der Waals surface area contributed by atoms with Gasteiger partial charge < -0.3 is 14.0 Å². The minimum absolute atomic E-state index is 0.0443. The van der Waals surface area contributed by atoms with Gasteiger partial charge in [0.15, 0.2) is 5.76 Å². The van der Waals surface area contributed by atoms with Crippen LogP contribution in [0.25, 0.3) is 0 Å². The van der Waals surface area contributed by atoms with Crippen LogP contribution in [-0.2, 0) is 32.2 Å². The molecule has 166 valence electrons. The molecule has 0 unspecified atom stereocenters. The van der Waals surface area contributed by atoms with Crippen molar-refractivity contribution in [3.63, 3.8) is 0 Å². The molecule has 0 saturated heterocycles. The smallest absolute Gasteiger partial charge is 0.307 e. The minimum Gasteiger partial charge on any atom is -0.598 e. The molecule has 0 amide bonds. The van der Waals surface area contributed by atoms with Crippen LogP contribution in [-0.4, -0.2) is 27.9 Å². The molecule has 0 aliphatic carbocycles. The summed E-state index contributed by atoms with van der Waals surface area (Å²) >= 11 is -1.43. The lowest BCUT2D eigenvalue weighted by molar-refractivity contribution is -0.143. The third-order valence-electron chi connectivity index (χ3n) is 3.95. The summed E-state index contributed by atoms with van der Waals surface area (Å²) in [6.07, 6.45) is 2.97. The second-order valence-electron chi connectivity index (χ2n) is 7.64. The number of carbonyl (C=O) groups excluding carboxylic acids is 1. The zero-order chi connectivity index (χ0) is 22.7. The summed E-state index contributed by atoms with van der Waals surface area (Å²) in [6, 6.07) is 8.79. The van der Waals surface area contributed by atoms with Crippen molar-refractivity contribution in [2.24, 2.45) is 0 Å². The van der Waals surface area contributed by atoms with E-state index in [-0.39, 0.29) is 25.4 Å². The highest BCUT2D eigenvalue weighted by Crippen LogP contribution is 2.19. The van der Waals surface area contributed by atoms with Gasteiger partial charge in [-0.2, -0.15) is 0 Å². The molecule has 0 radical (unpaired) electrons. The number of halogens is 1. The van der Waals surface area contributed by atoms with Crippen LogP contribution >= 0.6 is 0 Å². The normalized spacial score (nSPS) is 14.8. The predicted molar refractivity (Wildman–Crippen MR) is 119 cm³/mol. The van der Waals surface area contributed by atoms with Crippen molar-refractivity contribution in [1.29, 1.82) is 0 Å². The number of esters is 1. The lowest BCUT2D eigenvalue weighted by Gasteiger charge is -2.28. The van der Waals surface area contributed by atoms with E-state index in [0.29, 0.717) is 5.57 Å². The lowest BCUT2D eigenvalue weighted by atomic mass is 10.1. The third kappa shape index (κ3) is 9.61. The van der Waals surface area contributed by atoms with Crippen LogP contribution < -0.4 is 4.72 Å². The van der Waals surface area contributed by atoms with E-state index in [1.807, 2.05) is 51.1 Å². The van der Waals surface area contributed by atoms with Crippen molar-refractivity contribution in [2.45, 2.75) is 58.4 Å². The van der Waals surface area contributed by atoms with Crippen molar-refractivity contribution < 1.29 is 23.2 Å². The first-order valence-electron chi connectivity index (χ1n) is 9.78. The van der Waals surface area contributed by atoms with Gasteiger partial charge in [0.25, 0.3) is 0 Å². The summed E-state index contributed by atoms with van der Waals surface area (Å²) in [5.74, 6) is -0.858. The number of benzene rings is 1. The first kappa shape index (κ1) is 25.9. The molecule has 0 fully saturated rings. The molecule has 0 aromatic heterocycles. The summed E-state index contributed by atoms with van der Waals surface area (Å²) in [4.78, 5) is 12.0. The van der Waals surface area contributed by atoms with Crippen molar-refractivity contribution >= 4 is 17.3 Å². The molecule has 1 aromatic rings. The molecule has 0 spiro atoms. The highest BCUT2D eigenvalue weighted by atomic mass is 32.2. The van der Waals surface area contributed by atoms with Crippen molar-refractivity contribution in [3.8, 4) is 0 Å². The van der Waals surface area contributed by atoms with Gasteiger partial charge in [0.05, 0.1) is 19.1 Å². The Morgan fingerprint density at radius 2 is 1.90 bits per heavy atom. The summed E-state index contributed by atoms with van der Waals surface area (Å²) in [5, 5.41) is 0. The molecule has 0 saturated carbocycles. The molecule has 7 heteroatoms. The number of rotatable bonds is 11. The Morgan fingerprint density at radius 3 is 2.43 bits per heavy atom. The van der Waals surface area contributed by atoms with E-state index in [0.717, 1.165) is 5.56 Å². The average Bonchev–Trinajstić information content (AvgIpc) is 2.67. The summed E-state index contributed by atoms with van der Waals surface area (Å²) in [6.45, 7) is 12.9. The first-order valence-corrected chi connectivity index (χ1v) is 10.9. The third-order valence-corrected chi connectivity index (χ3v) is 5.57. The van der Waals surface area contributed by atoms with Gasteiger partial charge in [0.1, 0.15) is 17.2 Å². The van der Waals surface area contributed by atoms with Crippen LogP contribution in [0.5, 0.6) is 0 Å². The first-order chi connectivity index (χ1) is 14.0. The van der Waals surface area contributed by atoms with Gasteiger partial charge >= 0.3 is 5.97 Å². The molecule has 5 nitrogen and oxygen atoms in total. The van der Waals surface area contributed by atoms with Gasteiger partial charge in [-0.1, -0.05) is 43.0 Å². The van der Waals surface area contributed by atoms with Gasteiger partial charge in [0.2, 0.25) is 0 Å². The number of nitrogens with one attached hydrogen (secondary N) is 1. The van der Waals surface area contributed by atoms with E-state index >= 15 is 0 Å². The quantitative estimate of drug-likeness (QED) is 0.231. The number of hydrogen-bond donors (Lipinski definition) is 1. The van der Waals surface area contributed by atoms with E-state index in [4.69, 9.17) is 9.47 Å². The maximum absolute atomic E-state index is 13.9. The summed E-state index contributed by atoms with van der Waals surface area (Å²) in [5.41, 5.74) is 1.37. The highest BCUT2D eigenvalue weighted by molar-refractivity contribution is 7.90. The Bertz CT molecular complexity index is 752. The van der Waals surface area contributed by atoms with Crippen LogP contribution in [0.1, 0.15) is 46.6 Å². The number of allylic oxidation sites excluding steroid dienone is 2. The van der Waals surface area contributed by atoms with Crippen molar-refractivity contribution in [1.82, 2.24) is 4.72 Å². The topological polar surface area (TPSA) is 70.6 Å². The fourth-order valence-electron chi connectivity index (χ4n) is 2.24. The summed E-state index contributed by atoms with van der Waals surface area (Å²) in [7, 11) is 0. The molecule has 0 aliphatic heterocycles. The zero-order valence-electron chi connectivity index (χ0n) is 18.4. The van der Waals surface area contributed by atoms with Crippen LogP contribution in [0.2, 0.25) is 0 Å². The molecule has 30 heavy (non-hydrogen) atoms. The average molecular weight is 438 g/mol. The van der Waals surface area contributed by atoms with E-state index in [1.54, 1.807) is 13.0 Å². The Hall–Kier alpha value is -2.09. The zero-order valence-corrected chi connectivity index (χ0v) is 19.2. The van der Waals surface area contributed by atoms with Crippen molar-refractivity contribution in [3.05, 3.63) is 71.8 Å².